The van der Waals surface area contributed by atoms with Crippen molar-refractivity contribution in [3.63, 3.8) is 0 Å². The molecule has 0 saturated carbocycles. The lowest BCUT2D eigenvalue weighted by atomic mass is 10.1. The number of unbranched alkanes of at least 4 members (excludes halogenated alkanes) is 1. The lowest BCUT2D eigenvalue weighted by molar-refractivity contribution is 0.483. The van der Waals surface area contributed by atoms with Crippen LogP contribution in [-0.2, 0) is 6.42 Å². The summed E-state index contributed by atoms with van der Waals surface area (Å²) in [6.45, 7) is 2.20. The number of hydrogen-bond donors (Lipinski definition) is 2. The van der Waals surface area contributed by atoms with Gasteiger partial charge in [0.05, 0.1) is 11.4 Å². The summed E-state index contributed by atoms with van der Waals surface area (Å²) in [7, 11) is 0. The molecule has 2 aromatic carbocycles. The van der Waals surface area contributed by atoms with Gasteiger partial charge in [-0.1, -0.05) is 25.5 Å². The molecule has 0 unspecified atom stereocenters. The van der Waals surface area contributed by atoms with Crippen LogP contribution >= 0.6 is 0 Å². The predicted molar refractivity (Wildman–Crippen MR) is 80.4 cm³/mol. The fourth-order valence-electron chi connectivity index (χ4n) is 1.86. The zero-order chi connectivity index (χ0) is 13.7. The van der Waals surface area contributed by atoms with Crippen LogP contribution in [-0.4, -0.2) is 0 Å². The van der Waals surface area contributed by atoms with E-state index in [1.54, 1.807) is 12.1 Å². The molecule has 0 aliphatic heterocycles. The number of aryl methyl sites for hydroxylation is 1. The van der Waals surface area contributed by atoms with E-state index >= 15 is 0 Å². The van der Waals surface area contributed by atoms with Gasteiger partial charge >= 0.3 is 0 Å². The van der Waals surface area contributed by atoms with Crippen molar-refractivity contribution >= 4 is 11.4 Å². The van der Waals surface area contributed by atoms with Crippen LogP contribution in [0.5, 0.6) is 11.5 Å². The fraction of sp³-hybridized carbons (Fsp3) is 0.250. The van der Waals surface area contributed by atoms with Crippen molar-refractivity contribution in [2.45, 2.75) is 26.2 Å². The minimum atomic E-state index is 0.539. The molecule has 0 aromatic heterocycles. The van der Waals surface area contributed by atoms with Crippen LogP contribution in [0.3, 0.4) is 0 Å². The Morgan fingerprint density at radius 1 is 0.895 bits per heavy atom. The molecule has 19 heavy (non-hydrogen) atoms. The average Bonchev–Trinajstić information content (AvgIpc) is 2.42. The molecule has 0 amide bonds. The summed E-state index contributed by atoms with van der Waals surface area (Å²) in [5.41, 5.74) is 13.9. The van der Waals surface area contributed by atoms with Crippen molar-refractivity contribution in [3.05, 3.63) is 48.0 Å². The molecule has 0 bridgehead atoms. The third-order valence-corrected chi connectivity index (χ3v) is 3.04. The third kappa shape index (κ3) is 3.65. The van der Waals surface area contributed by atoms with E-state index in [0.29, 0.717) is 17.1 Å². The number of benzene rings is 2. The zero-order valence-corrected chi connectivity index (χ0v) is 11.2. The summed E-state index contributed by atoms with van der Waals surface area (Å²) in [6, 6.07) is 13.5. The van der Waals surface area contributed by atoms with Gasteiger partial charge < -0.3 is 16.2 Å². The Kier molecular flexibility index (Phi) is 4.29. The lowest BCUT2D eigenvalue weighted by Gasteiger charge is -2.08. The van der Waals surface area contributed by atoms with E-state index in [-0.39, 0.29) is 0 Å². The normalized spacial score (nSPS) is 10.4. The van der Waals surface area contributed by atoms with E-state index < -0.39 is 0 Å². The first-order chi connectivity index (χ1) is 9.19. The number of rotatable bonds is 5. The molecule has 0 heterocycles. The smallest absolute Gasteiger partial charge is 0.129 e. The molecule has 0 aliphatic rings. The summed E-state index contributed by atoms with van der Waals surface area (Å²) < 4.78 is 5.74. The van der Waals surface area contributed by atoms with E-state index in [2.05, 4.69) is 19.1 Å². The van der Waals surface area contributed by atoms with E-state index in [4.69, 9.17) is 16.2 Å². The summed E-state index contributed by atoms with van der Waals surface area (Å²) in [6.07, 6.45) is 3.54. The van der Waals surface area contributed by atoms with Gasteiger partial charge in [-0.05, 0) is 42.7 Å². The molecule has 3 heteroatoms. The maximum atomic E-state index is 5.75. The van der Waals surface area contributed by atoms with Gasteiger partial charge in [0.15, 0.2) is 0 Å². The molecular formula is C16H20N2O. The number of nitrogen functional groups attached to an aromatic ring is 2. The number of nitrogens with two attached hydrogens (primary N) is 2. The second-order valence-electron chi connectivity index (χ2n) is 4.64. The van der Waals surface area contributed by atoms with Crippen LogP contribution in [0.4, 0.5) is 11.4 Å². The van der Waals surface area contributed by atoms with E-state index in [0.717, 1.165) is 12.2 Å². The van der Waals surface area contributed by atoms with Gasteiger partial charge in [0.2, 0.25) is 0 Å². The van der Waals surface area contributed by atoms with Gasteiger partial charge in [-0.3, -0.25) is 0 Å². The van der Waals surface area contributed by atoms with Gasteiger partial charge in [-0.15, -0.1) is 0 Å². The Morgan fingerprint density at radius 2 is 1.58 bits per heavy atom. The Hall–Kier alpha value is -2.16. The molecule has 2 aromatic rings. The summed E-state index contributed by atoms with van der Waals surface area (Å²) in [5.74, 6) is 1.51. The molecule has 0 fully saturated rings. The molecule has 0 atom stereocenters. The van der Waals surface area contributed by atoms with Crippen LogP contribution in [0.2, 0.25) is 0 Å². The largest absolute Gasteiger partial charge is 0.457 e. The highest BCUT2D eigenvalue weighted by Gasteiger charge is 2.01. The maximum Gasteiger partial charge on any atom is 0.129 e. The second-order valence-corrected chi connectivity index (χ2v) is 4.64. The minimum absolute atomic E-state index is 0.539. The monoisotopic (exact) mass is 256 g/mol. The van der Waals surface area contributed by atoms with E-state index in [1.165, 1.54) is 18.4 Å². The number of anilines is 2. The Morgan fingerprint density at radius 3 is 2.21 bits per heavy atom. The molecule has 0 spiro atoms. The molecule has 2 rings (SSSR count). The van der Waals surface area contributed by atoms with Gasteiger partial charge in [0, 0.05) is 6.07 Å². The Bertz CT molecular complexity index is 535. The zero-order valence-electron chi connectivity index (χ0n) is 11.2. The summed E-state index contributed by atoms with van der Waals surface area (Å²) in [5, 5.41) is 0. The average molecular weight is 256 g/mol. The van der Waals surface area contributed by atoms with E-state index in [1.807, 2.05) is 18.2 Å². The van der Waals surface area contributed by atoms with Crippen molar-refractivity contribution in [2.75, 3.05) is 11.5 Å². The SMILES string of the molecule is CCCCc1ccc(Oc2ccc(N)c(N)c2)cc1. The molecule has 0 radical (unpaired) electrons. The minimum Gasteiger partial charge on any atom is -0.457 e. The standard InChI is InChI=1S/C16H20N2O/c1-2-3-4-12-5-7-13(8-6-12)19-14-9-10-15(17)16(18)11-14/h5-11H,2-4,17-18H2,1H3. The molecule has 3 nitrogen and oxygen atoms in total. The van der Waals surface area contributed by atoms with Crippen LogP contribution in [0.1, 0.15) is 25.3 Å². The number of hydrogen-bond acceptors (Lipinski definition) is 3. The van der Waals surface area contributed by atoms with Crippen LogP contribution in [0.15, 0.2) is 42.5 Å². The van der Waals surface area contributed by atoms with Crippen LogP contribution in [0.25, 0.3) is 0 Å². The Balaban J connectivity index is 2.04. The highest BCUT2D eigenvalue weighted by Crippen LogP contribution is 2.26. The topological polar surface area (TPSA) is 61.3 Å². The number of ether oxygens (including phenoxy) is 1. The first-order valence-corrected chi connectivity index (χ1v) is 6.61. The quantitative estimate of drug-likeness (QED) is 0.795. The second kappa shape index (κ2) is 6.14. The van der Waals surface area contributed by atoms with Crippen molar-refractivity contribution in [1.82, 2.24) is 0 Å². The van der Waals surface area contributed by atoms with Gasteiger partial charge in [-0.25, -0.2) is 0 Å². The van der Waals surface area contributed by atoms with Crippen molar-refractivity contribution in [2.24, 2.45) is 0 Å². The first-order valence-electron chi connectivity index (χ1n) is 6.61. The summed E-state index contributed by atoms with van der Waals surface area (Å²) in [4.78, 5) is 0. The molecule has 0 aliphatic carbocycles. The molecule has 100 valence electrons. The van der Waals surface area contributed by atoms with Gasteiger partial charge in [-0.2, -0.15) is 0 Å². The highest BCUT2D eigenvalue weighted by atomic mass is 16.5. The third-order valence-electron chi connectivity index (χ3n) is 3.04. The fourth-order valence-corrected chi connectivity index (χ4v) is 1.86. The molecule has 4 N–H and O–H groups in total. The van der Waals surface area contributed by atoms with Crippen molar-refractivity contribution < 1.29 is 4.74 Å². The van der Waals surface area contributed by atoms with Gasteiger partial charge in [0.25, 0.3) is 0 Å². The van der Waals surface area contributed by atoms with Gasteiger partial charge in [0.1, 0.15) is 11.5 Å². The van der Waals surface area contributed by atoms with Crippen molar-refractivity contribution in [3.8, 4) is 11.5 Å². The predicted octanol–water partition coefficient (Wildman–Crippen LogP) is 3.99. The summed E-state index contributed by atoms with van der Waals surface area (Å²) >= 11 is 0. The Labute approximate surface area is 114 Å². The maximum absolute atomic E-state index is 5.75. The van der Waals surface area contributed by atoms with Crippen LogP contribution in [0, 0.1) is 0 Å². The lowest BCUT2D eigenvalue weighted by Crippen LogP contribution is -1.94. The van der Waals surface area contributed by atoms with Crippen molar-refractivity contribution in [1.29, 1.82) is 0 Å². The molecular weight excluding hydrogens is 236 g/mol. The first kappa shape index (κ1) is 13.3. The van der Waals surface area contributed by atoms with Crippen LogP contribution < -0.4 is 16.2 Å². The van der Waals surface area contributed by atoms with E-state index in [9.17, 15) is 0 Å². The molecule has 0 saturated heterocycles. The highest BCUT2D eigenvalue weighted by molar-refractivity contribution is 5.65.